The zero-order chi connectivity index (χ0) is 23.5. The van der Waals surface area contributed by atoms with E-state index in [9.17, 15) is 30.2 Å². The highest BCUT2D eigenvalue weighted by molar-refractivity contribution is 7.16. The Morgan fingerprint density at radius 3 is 2.30 bits per heavy atom. The molecular formula is C23H17N3O6S. The Balaban J connectivity index is 1.65. The van der Waals surface area contributed by atoms with Gasteiger partial charge in [0.1, 0.15) is 5.75 Å². The van der Waals surface area contributed by atoms with Crippen LogP contribution < -0.4 is 5.32 Å². The molecule has 0 fully saturated rings. The number of carbonyl (C=O) groups excluding carboxylic acids is 1. The largest absolute Gasteiger partial charge is 0.508 e. The monoisotopic (exact) mass is 463 g/mol. The zero-order valence-electron chi connectivity index (χ0n) is 16.9. The quantitative estimate of drug-likeness (QED) is 0.184. The van der Waals surface area contributed by atoms with Gasteiger partial charge < -0.3 is 15.3 Å². The average molecular weight is 463 g/mol. The van der Waals surface area contributed by atoms with E-state index in [1.807, 2.05) is 0 Å². The van der Waals surface area contributed by atoms with Crippen molar-refractivity contribution < 1.29 is 25.0 Å². The van der Waals surface area contributed by atoms with E-state index >= 15 is 0 Å². The van der Waals surface area contributed by atoms with Crippen molar-refractivity contribution in [3.8, 4) is 28.5 Å². The maximum absolute atomic E-state index is 12.6. The molecule has 4 rings (SSSR count). The van der Waals surface area contributed by atoms with Crippen LogP contribution in [0.4, 0.5) is 10.8 Å². The van der Waals surface area contributed by atoms with E-state index in [2.05, 4.69) is 10.3 Å². The molecule has 4 aromatic rings. The number of nitro groups is 1. The van der Waals surface area contributed by atoms with Gasteiger partial charge in [-0.05, 0) is 48.0 Å². The molecule has 1 amide bonds. The summed E-state index contributed by atoms with van der Waals surface area (Å²) in [5, 5.41) is 42.6. The molecule has 1 aromatic heterocycles. The minimum absolute atomic E-state index is 0.00749. The second kappa shape index (κ2) is 8.97. The summed E-state index contributed by atoms with van der Waals surface area (Å²) in [4.78, 5) is 28.4. The van der Waals surface area contributed by atoms with Gasteiger partial charge in [0.15, 0.2) is 16.6 Å². The SMILES string of the molecule is O=C(Nc1nc(-c2ccc(O)cc2)c(Cc2ccc([N+](=O)[O-])cc2)s1)c1ccc(O)c(O)c1. The van der Waals surface area contributed by atoms with Crippen molar-refractivity contribution in [3.05, 3.63) is 92.8 Å². The third-order valence-corrected chi connectivity index (χ3v) is 5.78. The van der Waals surface area contributed by atoms with Crippen LogP contribution in [-0.4, -0.2) is 31.1 Å². The van der Waals surface area contributed by atoms with E-state index in [0.29, 0.717) is 17.2 Å². The van der Waals surface area contributed by atoms with Gasteiger partial charge in [0.25, 0.3) is 11.6 Å². The van der Waals surface area contributed by atoms with Crippen molar-refractivity contribution in [2.24, 2.45) is 0 Å². The van der Waals surface area contributed by atoms with E-state index in [-0.39, 0.29) is 22.7 Å². The number of nitro benzene ring substituents is 1. The third kappa shape index (κ3) is 4.91. The number of phenols is 3. The highest BCUT2D eigenvalue weighted by atomic mass is 32.1. The van der Waals surface area contributed by atoms with Crippen LogP contribution in [-0.2, 0) is 6.42 Å². The third-order valence-electron chi connectivity index (χ3n) is 4.81. The molecule has 4 N–H and O–H groups in total. The van der Waals surface area contributed by atoms with Crippen molar-refractivity contribution >= 4 is 28.1 Å². The number of amides is 1. The standard InChI is InChI=1S/C23H17N3O6S/c27-17-8-3-14(4-9-17)21-20(11-13-1-6-16(7-2-13)26(31)32)33-23(24-21)25-22(30)15-5-10-18(28)19(29)12-15/h1-10,12,27-29H,11H2,(H,24,25,30). The number of nitrogens with zero attached hydrogens (tertiary/aromatic N) is 2. The molecule has 9 nitrogen and oxygen atoms in total. The number of benzene rings is 3. The van der Waals surface area contributed by atoms with E-state index in [4.69, 9.17) is 0 Å². The lowest BCUT2D eigenvalue weighted by molar-refractivity contribution is -0.384. The molecule has 166 valence electrons. The van der Waals surface area contributed by atoms with Gasteiger partial charge in [-0.2, -0.15) is 0 Å². The minimum Gasteiger partial charge on any atom is -0.508 e. The molecule has 0 saturated carbocycles. The first-order valence-electron chi connectivity index (χ1n) is 9.66. The number of hydrogen-bond acceptors (Lipinski definition) is 8. The smallest absolute Gasteiger partial charge is 0.269 e. The molecule has 1 heterocycles. The lowest BCUT2D eigenvalue weighted by Gasteiger charge is -2.03. The first-order valence-corrected chi connectivity index (χ1v) is 10.5. The fourth-order valence-corrected chi connectivity index (χ4v) is 4.14. The highest BCUT2D eigenvalue weighted by Gasteiger charge is 2.17. The van der Waals surface area contributed by atoms with Crippen LogP contribution in [0.1, 0.15) is 20.8 Å². The van der Waals surface area contributed by atoms with Crippen LogP contribution in [0.5, 0.6) is 17.2 Å². The zero-order valence-corrected chi connectivity index (χ0v) is 17.7. The Morgan fingerprint density at radius 2 is 1.67 bits per heavy atom. The fourth-order valence-electron chi connectivity index (χ4n) is 3.12. The molecule has 0 saturated heterocycles. The molecule has 0 aliphatic heterocycles. The van der Waals surface area contributed by atoms with Crippen LogP contribution in [0.2, 0.25) is 0 Å². The number of hydrogen-bond donors (Lipinski definition) is 4. The predicted octanol–water partition coefficient (Wildman–Crippen LogP) is 4.68. The van der Waals surface area contributed by atoms with Crippen LogP contribution in [0.3, 0.4) is 0 Å². The summed E-state index contributed by atoms with van der Waals surface area (Å²) in [5.74, 6) is -1.16. The summed E-state index contributed by atoms with van der Waals surface area (Å²) >= 11 is 1.24. The number of aromatic hydroxyl groups is 3. The number of nitrogens with one attached hydrogen (secondary N) is 1. The molecule has 33 heavy (non-hydrogen) atoms. The molecule has 0 aliphatic carbocycles. The Morgan fingerprint density at radius 1 is 0.970 bits per heavy atom. The van der Waals surface area contributed by atoms with Crippen molar-refractivity contribution in [1.29, 1.82) is 0 Å². The van der Waals surface area contributed by atoms with Gasteiger partial charge in [-0.25, -0.2) is 4.98 Å². The van der Waals surface area contributed by atoms with Gasteiger partial charge in [0.05, 0.1) is 10.6 Å². The molecule has 0 unspecified atom stereocenters. The topological polar surface area (TPSA) is 146 Å². The number of anilines is 1. The molecule has 0 atom stereocenters. The lowest BCUT2D eigenvalue weighted by atomic mass is 10.1. The number of phenolic OH excluding ortho intramolecular Hbond substituents is 3. The molecule has 10 heteroatoms. The molecular weight excluding hydrogens is 446 g/mol. The van der Waals surface area contributed by atoms with Crippen LogP contribution in [0.25, 0.3) is 11.3 Å². The summed E-state index contributed by atoms with van der Waals surface area (Å²) in [7, 11) is 0. The lowest BCUT2D eigenvalue weighted by Crippen LogP contribution is -2.11. The Kier molecular flexibility index (Phi) is 5.92. The molecule has 0 aliphatic rings. The predicted molar refractivity (Wildman–Crippen MR) is 123 cm³/mol. The van der Waals surface area contributed by atoms with Crippen molar-refractivity contribution in [1.82, 2.24) is 4.98 Å². The van der Waals surface area contributed by atoms with Crippen molar-refractivity contribution in [2.45, 2.75) is 6.42 Å². The molecule has 3 aromatic carbocycles. The first kappa shape index (κ1) is 21.8. The number of aromatic nitrogens is 1. The number of non-ortho nitro benzene ring substituents is 1. The second-order valence-electron chi connectivity index (χ2n) is 7.10. The Bertz CT molecular complexity index is 1330. The number of thiazole rings is 1. The van der Waals surface area contributed by atoms with Crippen LogP contribution in [0.15, 0.2) is 66.7 Å². The number of carbonyl (C=O) groups is 1. The summed E-state index contributed by atoms with van der Waals surface area (Å²) in [6.07, 6.45) is 0.418. The van der Waals surface area contributed by atoms with Crippen molar-refractivity contribution in [3.63, 3.8) is 0 Å². The van der Waals surface area contributed by atoms with E-state index in [0.717, 1.165) is 22.1 Å². The molecule has 0 spiro atoms. The first-order chi connectivity index (χ1) is 15.8. The van der Waals surface area contributed by atoms with E-state index in [1.165, 1.54) is 47.7 Å². The van der Waals surface area contributed by atoms with Gasteiger partial charge in [-0.1, -0.05) is 12.1 Å². The molecule has 0 radical (unpaired) electrons. The van der Waals surface area contributed by atoms with Gasteiger partial charge in [-0.15, -0.1) is 11.3 Å². The summed E-state index contributed by atoms with van der Waals surface area (Å²) in [6.45, 7) is 0. The van der Waals surface area contributed by atoms with E-state index < -0.39 is 16.6 Å². The Hall–Kier alpha value is -4.44. The second-order valence-corrected chi connectivity index (χ2v) is 8.18. The van der Waals surface area contributed by atoms with Gasteiger partial charge in [0.2, 0.25) is 0 Å². The van der Waals surface area contributed by atoms with Gasteiger partial charge >= 0.3 is 0 Å². The van der Waals surface area contributed by atoms with Crippen LogP contribution >= 0.6 is 11.3 Å². The van der Waals surface area contributed by atoms with E-state index in [1.54, 1.807) is 24.3 Å². The number of rotatable bonds is 6. The van der Waals surface area contributed by atoms with Crippen molar-refractivity contribution in [2.75, 3.05) is 5.32 Å². The Labute approximate surface area is 191 Å². The van der Waals surface area contributed by atoms with Gasteiger partial charge in [-0.3, -0.25) is 20.2 Å². The average Bonchev–Trinajstić information content (AvgIpc) is 3.18. The van der Waals surface area contributed by atoms with Crippen LogP contribution in [0, 0.1) is 10.1 Å². The maximum Gasteiger partial charge on any atom is 0.269 e. The highest BCUT2D eigenvalue weighted by Crippen LogP contribution is 2.34. The van der Waals surface area contributed by atoms with Gasteiger partial charge in [0, 0.05) is 34.6 Å². The maximum atomic E-state index is 12.6. The molecule has 0 bridgehead atoms. The summed E-state index contributed by atoms with van der Waals surface area (Å²) < 4.78 is 0. The fraction of sp³-hybridized carbons (Fsp3) is 0.0435. The summed E-state index contributed by atoms with van der Waals surface area (Å²) in [6, 6.07) is 16.4. The normalized spacial score (nSPS) is 10.7. The summed E-state index contributed by atoms with van der Waals surface area (Å²) in [5.41, 5.74) is 2.28. The minimum atomic E-state index is -0.516.